The topological polar surface area (TPSA) is 31.6 Å². The fraction of sp³-hybridized carbons (Fsp3) is 0.500. The predicted octanol–water partition coefficient (Wildman–Crippen LogP) is 4.26. The summed E-state index contributed by atoms with van der Waals surface area (Å²) in [5.74, 6) is 0. The molecule has 2 aromatic heterocycles. The average molecular weight is 244 g/mol. The molecule has 0 amide bonds. The summed E-state index contributed by atoms with van der Waals surface area (Å²) in [5.41, 5.74) is 8.41. The highest BCUT2D eigenvalue weighted by molar-refractivity contribution is 5.67. The van der Waals surface area contributed by atoms with Crippen LogP contribution < -0.4 is 0 Å². The lowest BCUT2D eigenvalue weighted by molar-refractivity contribution is 0.985. The first kappa shape index (κ1) is 13.0. The second kappa shape index (κ2) is 5.47. The van der Waals surface area contributed by atoms with Crippen LogP contribution in [-0.2, 0) is 25.7 Å². The maximum atomic E-state index is 3.65. The van der Waals surface area contributed by atoms with Gasteiger partial charge in [-0.15, -0.1) is 0 Å². The van der Waals surface area contributed by atoms with Crippen LogP contribution in [0.15, 0.2) is 12.3 Å². The summed E-state index contributed by atoms with van der Waals surface area (Å²) in [6, 6.07) is 2.19. The Morgan fingerprint density at radius 2 is 1.56 bits per heavy atom. The van der Waals surface area contributed by atoms with Gasteiger partial charge in [-0.1, -0.05) is 27.7 Å². The van der Waals surface area contributed by atoms with Crippen molar-refractivity contribution in [1.29, 1.82) is 0 Å². The van der Waals surface area contributed by atoms with E-state index in [-0.39, 0.29) is 0 Å². The lowest BCUT2D eigenvalue weighted by atomic mass is 10.0. The molecular formula is C16H24N2. The SMILES string of the molecule is CCc1cc[nH]c1-c1[nH]c(CC)c(CC)c1CC. The summed E-state index contributed by atoms with van der Waals surface area (Å²) in [5, 5.41) is 0. The summed E-state index contributed by atoms with van der Waals surface area (Å²) in [6.45, 7) is 8.94. The number of hydrogen-bond donors (Lipinski definition) is 2. The van der Waals surface area contributed by atoms with Gasteiger partial charge in [-0.3, -0.25) is 0 Å². The Hall–Kier alpha value is -1.44. The number of aromatic amines is 2. The Morgan fingerprint density at radius 1 is 0.833 bits per heavy atom. The molecule has 0 fully saturated rings. The normalized spacial score (nSPS) is 11.1. The first-order valence-electron chi connectivity index (χ1n) is 7.15. The number of nitrogens with one attached hydrogen (secondary N) is 2. The smallest absolute Gasteiger partial charge is 0.0659 e. The molecule has 0 bridgehead atoms. The molecular weight excluding hydrogens is 220 g/mol. The van der Waals surface area contributed by atoms with Crippen LogP contribution in [0.4, 0.5) is 0 Å². The molecule has 0 spiro atoms. The molecule has 0 radical (unpaired) electrons. The summed E-state index contributed by atoms with van der Waals surface area (Å²) in [6.07, 6.45) is 6.41. The van der Waals surface area contributed by atoms with E-state index in [0.717, 1.165) is 25.7 Å². The van der Waals surface area contributed by atoms with E-state index in [1.54, 1.807) is 0 Å². The van der Waals surface area contributed by atoms with E-state index in [4.69, 9.17) is 0 Å². The van der Waals surface area contributed by atoms with E-state index in [0.29, 0.717) is 0 Å². The van der Waals surface area contributed by atoms with Gasteiger partial charge in [0.05, 0.1) is 11.4 Å². The van der Waals surface area contributed by atoms with Gasteiger partial charge in [-0.05, 0) is 48.4 Å². The van der Waals surface area contributed by atoms with Gasteiger partial charge in [-0.25, -0.2) is 0 Å². The van der Waals surface area contributed by atoms with Gasteiger partial charge >= 0.3 is 0 Å². The van der Waals surface area contributed by atoms with Crippen LogP contribution in [0.1, 0.15) is 50.1 Å². The highest BCUT2D eigenvalue weighted by Crippen LogP contribution is 2.31. The van der Waals surface area contributed by atoms with Crippen LogP contribution in [0.5, 0.6) is 0 Å². The van der Waals surface area contributed by atoms with Crippen molar-refractivity contribution in [3.8, 4) is 11.4 Å². The van der Waals surface area contributed by atoms with E-state index >= 15 is 0 Å². The molecule has 0 aromatic carbocycles. The minimum absolute atomic E-state index is 1.07. The van der Waals surface area contributed by atoms with Crippen LogP contribution in [0.3, 0.4) is 0 Å². The fourth-order valence-corrected chi connectivity index (χ4v) is 2.90. The minimum Gasteiger partial charge on any atom is -0.360 e. The van der Waals surface area contributed by atoms with E-state index in [1.807, 2.05) is 6.20 Å². The zero-order valence-corrected chi connectivity index (χ0v) is 12.0. The third kappa shape index (κ3) is 2.00. The molecule has 2 N–H and O–H groups in total. The standard InChI is InChI=1S/C16H24N2/c1-5-11-9-10-17-15(11)16-13(7-3)12(6-2)14(8-4)18-16/h9-10,17-18H,5-8H2,1-4H3. The van der Waals surface area contributed by atoms with Crippen LogP contribution in [-0.4, -0.2) is 9.97 Å². The lowest BCUT2D eigenvalue weighted by Gasteiger charge is -2.05. The van der Waals surface area contributed by atoms with Gasteiger partial charge in [0.2, 0.25) is 0 Å². The zero-order chi connectivity index (χ0) is 13.1. The average Bonchev–Trinajstić information content (AvgIpc) is 3.00. The third-order valence-corrected chi connectivity index (χ3v) is 3.83. The summed E-state index contributed by atoms with van der Waals surface area (Å²) >= 11 is 0. The molecule has 0 aliphatic rings. The number of H-pyrrole nitrogens is 2. The molecule has 98 valence electrons. The van der Waals surface area contributed by atoms with Crippen molar-refractivity contribution >= 4 is 0 Å². The maximum Gasteiger partial charge on any atom is 0.0659 e. The molecule has 0 unspecified atom stereocenters. The summed E-state index contributed by atoms with van der Waals surface area (Å²) < 4.78 is 0. The first-order valence-corrected chi connectivity index (χ1v) is 7.15. The van der Waals surface area contributed by atoms with Crippen molar-refractivity contribution in [2.45, 2.75) is 53.4 Å². The molecule has 0 aliphatic carbocycles. The van der Waals surface area contributed by atoms with Gasteiger partial charge in [0.15, 0.2) is 0 Å². The highest BCUT2D eigenvalue weighted by atomic mass is 14.8. The molecule has 2 heterocycles. The third-order valence-electron chi connectivity index (χ3n) is 3.83. The van der Waals surface area contributed by atoms with E-state index in [9.17, 15) is 0 Å². The second-order valence-corrected chi connectivity index (χ2v) is 4.73. The van der Waals surface area contributed by atoms with Crippen LogP contribution in [0, 0.1) is 0 Å². The number of aromatic nitrogens is 2. The van der Waals surface area contributed by atoms with Crippen molar-refractivity contribution < 1.29 is 0 Å². The van der Waals surface area contributed by atoms with Gasteiger partial charge in [-0.2, -0.15) is 0 Å². The van der Waals surface area contributed by atoms with Gasteiger partial charge in [0, 0.05) is 11.9 Å². The molecule has 2 heteroatoms. The van der Waals surface area contributed by atoms with Crippen molar-refractivity contribution in [3.05, 3.63) is 34.6 Å². The number of aryl methyl sites for hydroxylation is 2. The fourth-order valence-electron chi connectivity index (χ4n) is 2.90. The summed E-state index contributed by atoms with van der Waals surface area (Å²) in [7, 11) is 0. The van der Waals surface area contributed by atoms with Crippen molar-refractivity contribution in [2.75, 3.05) is 0 Å². The molecule has 0 saturated carbocycles. The van der Waals surface area contributed by atoms with Crippen molar-refractivity contribution in [1.82, 2.24) is 9.97 Å². The maximum absolute atomic E-state index is 3.65. The molecule has 0 atom stereocenters. The van der Waals surface area contributed by atoms with E-state index < -0.39 is 0 Å². The molecule has 2 rings (SSSR count). The van der Waals surface area contributed by atoms with Crippen LogP contribution >= 0.6 is 0 Å². The second-order valence-electron chi connectivity index (χ2n) is 4.73. The quantitative estimate of drug-likeness (QED) is 0.787. The minimum atomic E-state index is 1.07. The monoisotopic (exact) mass is 244 g/mol. The number of rotatable bonds is 5. The Labute approximate surface area is 110 Å². The molecule has 2 aromatic rings. The van der Waals surface area contributed by atoms with Gasteiger partial charge in [0.25, 0.3) is 0 Å². The predicted molar refractivity (Wildman–Crippen MR) is 78.1 cm³/mol. The number of hydrogen-bond acceptors (Lipinski definition) is 0. The zero-order valence-electron chi connectivity index (χ0n) is 12.0. The van der Waals surface area contributed by atoms with Crippen molar-refractivity contribution in [2.24, 2.45) is 0 Å². The van der Waals surface area contributed by atoms with Crippen LogP contribution in [0.2, 0.25) is 0 Å². The van der Waals surface area contributed by atoms with E-state index in [1.165, 1.54) is 33.8 Å². The Balaban J connectivity index is 2.60. The highest BCUT2D eigenvalue weighted by Gasteiger charge is 2.17. The van der Waals surface area contributed by atoms with E-state index in [2.05, 4.69) is 43.7 Å². The Bertz CT molecular complexity index is 517. The van der Waals surface area contributed by atoms with Gasteiger partial charge in [0.1, 0.15) is 0 Å². The molecule has 18 heavy (non-hydrogen) atoms. The lowest BCUT2D eigenvalue weighted by Crippen LogP contribution is -1.92. The Morgan fingerprint density at radius 3 is 2.11 bits per heavy atom. The largest absolute Gasteiger partial charge is 0.360 e. The Kier molecular flexibility index (Phi) is 3.95. The van der Waals surface area contributed by atoms with Crippen LogP contribution in [0.25, 0.3) is 11.4 Å². The molecule has 0 saturated heterocycles. The summed E-state index contributed by atoms with van der Waals surface area (Å²) in [4.78, 5) is 7.05. The van der Waals surface area contributed by atoms with Gasteiger partial charge < -0.3 is 9.97 Å². The molecule has 0 aliphatic heterocycles. The molecule has 2 nitrogen and oxygen atoms in total. The van der Waals surface area contributed by atoms with Crippen molar-refractivity contribution in [3.63, 3.8) is 0 Å². The first-order chi connectivity index (χ1) is 8.76.